The van der Waals surface area contributed by atoms with Gasteiger partial charge in [-0.2, -0.15) is 0 Å². The second kappa shape index (κ2) is 4.08. The van der Waals surface area contributed by atoms with Crippen LogP contribution in [0.4, 0.5) is 0 Å². The summed E-state index contributed by atoms with van der Waals surface area (Å²) >= 11 is 0. The van der Waals surface area contributed by atoms with E-state index in [1.165, 1.54) is 5.57 Å². The van der Waals surface area contributed by atoms with Crippen LogP contribution in [0.2, 0.25) is 0 Å². The van der Waals surface area contributed by atoms with Gasteiger partial charge < -0.3 is 9.84 Å². The van der Waals surface area contributed by atoms with E-state index in [1.54, 1.807) is 0 Å². The number of rotatable bonds is 1. The average Bonchev–Trinajstić information content (AvgIpc) is 2.30. The zero-order chi connectivity index (χ0) is 13.8. The maximum Gasteiger partial charge on any atom is 0.0728 e. The molecule has 18 heavy (non-hydrogen) atoms. The van der Waals surface area contributed by atoms with Gasteiger partial charge in [0, 0.05) is 5.92 Å². The molecule has 2 rings (SSSR count). The molecule has 0 bridgehead atoms. The van der Waals surface area contributed by atoms with E-state index in [9.17, 15) is 5.11 Å². The normalized spacial score (nSPS) is 37.4. The Kier molecular flexibility index (Phi) is 3.19. The van der Waals surface area contributed by atoms with Crippen molar-refractivity contribution in [3.63, 3.8) is 0 Å². The zero-order valence-corrected chi connectivity index (χ0v) is 12.7. The number of hydrogen-bond acceptors (Lipinski definition) is 2. The third kappa shape index (κ3) is 2.80. The monoisotopic (exact) mass is 252 g/mol. The predicted octanol–water partition coefficient (Wildman–Crippen LogP) is 3.69. The topological polar surface area (TPSA) is 29.5 Å². The van der Waals surface area contributed by atoms with Gasteiger partial charge in [-0.1, -0.05) is 25.5 Å². The average molecular weight is 252 g/mol. The molecule has 0 spiro atoms. The first kappa shape index (κ1) is 14.1. The molecule has 0 aromatic rings. The Balaban J connectivity index is 2.27. The van der Waals surface area contributed by atoms with Crippen LogP contribution in [-0.4, -0.2) is 22.4 Å². The van der Waals surface area contributed by atoms with E-state index in [-0.39, 0.29) is 22.7 Å². The first-order valence-electron chi connectivity index (χ1n) is 7.10. The van der Waals surface area contributed by atoms with E-state index in [1.807, 2.05) is 0 Å². The zero-order valence-electron chi connectivity index (χ0n) is 12.7. The van der Waals surface area contributed by atoms with Crippen LogP contribution in [0, 0.1) is 11.3 Å². The largest absolute Gasteiger partial charge is 0.389 e. The number of aliphatic hydroxyl groups is 1. The highest BCUT2D eigenvalue weighted by atomic mass is 16.5. The molecule has 2 heteroatoms. The third-order valence-corrected chi connectivity index (χ3v) is 4.37. The van der Waals surface area contributed by atoms with Gasteiger partial charge in [0.05, 0.1) is 17.3 Å². The molecule has 104 valence electrons. The summed E-state index contributed by atoms with van der Waals surface area (Å²) in [4.78, 5) is 0. The van der Waals surface area contributed by atoms with Gasteiger partial charge in [-0.25, -0.2) is 0 Å². The molecule has 0 aromatic heterocycles. The highest BCUT2D eigenvalue weighted by Gasteiger charge is 2.48. The summed E-state index contributed by atoms with van der Waals surface area (Å²) in [5.41, 5.74) is 1.42. The fourth-order valence-electron chi connectivity index (χ4n) is 3.94. The van der Waals surface area contributed by atoms with Gasteiger partial charge >= 0.3 is 0 Å². The summed E-state index contributed by atoms with van der Waals surface area (Å²) in [5.74, 6) is 0.432. The Morgan fingerprint density at radius 1 is 1.11 bits per heavy atom. The molecule has 1 saturated heterocycles. The quantitative estimate of drug-likeness (QED) is 0.721. The molecule has 1 heterocycles. The van der Waals surface area contributed by atoms with Crippen molar-refractivity contribution < 1.29 is 9.84 Å². The van der Waals surface area contributed by atoms with E-state index in [0.29, 0.717) is 5.92 Å². The van der Waals surface area contributed by atoms with Gasteiger partial charge in [0.1, 0.15) is 0 Å². The van der Waals surface area contributed by atoms with E-state index >= 15 is 0 Å². The van der Waals surface area contributed by atoms with Gasteiger partial charge in [-0.05, 0) is 52.4 Å². The van der Waals surface area contributed by atoms with Crippen LogP contribution in [0.1, 0.15) is 60.8 Å². The SMILES string of the molecule is CC1(C)CC(C2CC(C)(C)OC2(C)C)=CC(O)C1. The van der Waals surface area contributed by atoms with Crippen molar-refractivity contribution in [2.75, 3.05) is 0 Å². The minimum Gasteiger partial charge on any atom is -0.389 e. The summed E-state index contributed by atoms with van der Waals surface area (Å²) < 4.78 is 6.18. The third-order valence-electron chi connectivity index (χ3n) is 4.37. The molecule has 0 aromatic carbocycles. The lowest BCUT2D eigenvalue weighted by Crippen LogP contribution is -2.34. The minimum atomic E-state index is -0.289. The lowest BCUT2D eigenvalue weighted by Gasteiger charge is -2.37. The number of ether oxygens (including phenoxy) is 1. The Bertz CT molecular complexity index is 363. The van der Waals surface area contributed by atoms with E-state index < -0.39 is 0 Å². The van der Waals surface area contributed by atoms with Crippen LogP contribution >= 0.6 is 0 Å². The van der Waals surface area contributed by atoms with Gasteiger partial charge in [-0.15, -0.1) is 0 Å². The first-order valence-corrected chi connectivity index (χ1v) is 7.10. The van der Waals surface area contributed by atoms with Crippen molar-refractivity contribution in [2.24, 2.45) is 11.3 Å². The Hall–Kier alpha value is -0.340. The van der Waals surface area contributed by atoms with Gasteiger partial charge in [0.2, 0.25) is 0 Å². The lowest BCUT2D eigenvalue weighted by atomic mass is 9.69. The second-order valence-corrected chi connectivity index (χ2v) is 8.08. The van der Waals surface area contributed by atoms with Crippen molar-refractivity contribution in [3.05, 3.63) is 11.6 Å². The summed E-state index contributed by atoms with van der Waals surface area (Å²) in [6, 6.07) is 0. The van der Waals surface area contributed by atoms with Crippen LogP contribution < -0.4 is 0 Å². The Morgan fingerprint density at radius 3 is 2.17 bits per heavy atom. The summed E-state index contributed by atoms with van der Waals surface area (Å²) in [5, 5.41) is 10.1. The summed E-state index contributed by atoms with van der Waals surface area (Å²) in [6.45, 7) is 13.2. The molecule has 2 nitrogen and oxygen atoms in total. The van der Waals surface area contributed by atoms with Crippen molar-refractivity contribution in [1.82, 2.24) is 0 Å². The highest BCUT2D eigenvalue weighted by Crippen LogP contribution is 2.49. The fraction of sp³-hybridized carbons (Fsp3) is 0.875. The van der Waals surface area contributed by atoms with Gasteiger partial charge in [-0.3, -0.25) is 0 Å². The lowest BCUT2D eigenvalue weighted by molar-refractivity contribution is -0.0721. The molecule has 1 fully saturated rings. The first-order chi connectivity index (χ1) is 8.01. The maximum absolute atomic E-state index is 10.1. The molecule has 2 unspecified atom stereocenters. The van der Waals surface area contributed by atoms with Crippen LogP contribution in [0.5, 0.6) is 0 Å². The highest BCUT2D eigenvalue weighted by molar-refractivity contribution is 5.21. The van der Waals surface area contributed by atoms with Gasteiger partial charge in [0.25, 0.3) is 0 Å². The van der Waals surface area contributed by atoms with Crippen LogP contribution in [0.3, 0.4) is 0 Å². The fourth-order valence-corrected chi connectivity index (χ4v) is 3.94. The van der Waals surface area contributed by atoms with Crippen molar-refractivity contribution in [1.29, 1.82) is 0 Å². The van der Waals surface area contributed by atoms with E-state index in [2.05, 4.69) is 47.6 Å². The summed E-state index contributed by atoms with van der Waals surface area (Å²) in [7, 11) is 0. The molecule has 0 saturated carbocycles. The molecular formula is C16H28O2. The molecule has 1 aliphatic carbocycles. The number of aliphatic hydroxyl groups excluding tert-OH is 1. The van der Waals surface area contributed by atoms with Crippen LogP contribution in [0.25, 0.3) is 0 Å². The smallest absolute Gasteiger partial charge is 0.0728 e. The standard InChI is InChI=1S/C16H28O2/c1-14(2)8-11(7-12(17)9-14)13-10-15(3,4)18-16(13,5)6/h7,12-13,17H,8-10H2,1-6H3. The van der Waals surface area contributed by atoms with E-state index in [0.717, 1.165) is 19.3 Å². The molecule has 0 radical (unpaired) electrons. The van der Waals surface area contributed by atoms with Crippen molar-refractivity contribution in [3.8, 4) is 0 Å². The summed E-state index contributed by atoms with van der Waals surface area (Å²) in [6.07, 6.45) is 4.80. The predicted molar refractivity (Wildman–Crippen MR) is 74.5 cm³/mol. The van der Waals surface area contributed by atoms with Crippen molar-refractivity contribution >= 4 is 0 Å². The molecule has 1 aliphatic heterocycles. The van der Waals surface area contributed by atoms with Crippen molar-refractivity contribution in [2.45, 2.75) is 78.1 Å². The molecule has 1 N–H and O–H groups in total. The molecular weight excluding hydrogens is 224 g/mol. The van der Waals surface area contributed by atoms with Gasteiger partial charge in [0.15, 0.2) is 0 Å². The van der Waals surface area contributed by atoms with Crippen LogP contribution in [-0.2, 0) is 4.74 Å². The molecule has 2 aliphatic rings. The molecule has 0 amide bonds. The van der Waals surface area contributed by atoms with E-state index in [4.69, 9.17) is 4.74 Å². The minimum absolute atomic E-state index is 0.0540. The Labute approximate surface area is 111 Å². The Morgan fingerprint density at radius 2 is 1.72 bits per heavy atom. The molecule has 2 atom stereocenters. The number of hydrogen-bond donors (Lipinski definition) is 1. The van der Waals surface area contributed by atoms with Crippen LogP contribution in [0.15, 0.2) is 11.6 Å². The maximum atomic E-state index is 10.1. The second-order valence-electron chi connectivity index (χ2n) is 8.08.